The summed E-state index contributed by atoms with van der Waals surface area (Å²) in [7, 11) is 0. The highest BCUT2D eigenvalue weighted by Crippen LogP contribution is 2.27. The van der Waals surface area contributed by atoms with Gasteiger partial charge in [-0.25, -0.2) is 4.98 Å². The van der Waals surface area contributed by atoms with E-state index in [1.165, 1.54) is 12.8 Å². The molecule has 0 aliphatic carbocycles. The largest absolute Gasteiger partial charge is 0.369 e. The van der Waals surface area contributed by atoms with Gasteiger partial charge in [-0.1, -0.05) is 49.6 Å². The molecule has 0 saturated heterocycles. The van der Waals surface area contributed by atoms with Gasteiger partial charge < -0.3 is 10.3 Å². The zero-order valence-electron chi connectivity index (χ0n) is 11.0. The number of aromatic nitrogens is 2. The highest BCUT2D eigenvalue weighted by Gasteiger charge is 2.09. The van der Waals surface area contributed by atoms with Crippen LogP contribution in [0.2, 0.25) is 5.02 Å². The van der Waals surface area contributed by atoms with E-state index in [2.05, 4.69) is 11.9 Å². The molecular formula is C14H19Cl2N3. The molecule has 0 unspecified atom stereocenters. The van der Waals surface area contributed by atoms with Gasteiger partial charge in [0.15, 0.2) is 0 Å². The predicted molar refractivity (Wildman–Crippen MR) is 83.9 cm³/mol. The van der Waals surface area contributed by atoms with Crippen molar-refractivity contribution in [3.63, 3.8) is 0 Å². The number of nitrogens with zero attached hydrogens (tertiary/aromatic N) is 2. The summed E-state index contributed by atoms with van der Waals surface area (Å²) in [4.78, 5) is 4.38. The number of hydrogen-bond donors (Lipinski definition) is 1. The Bertz CT molecular complexity index is 523. The van der Waals surface area contributed by atoms with Crippen LogP contribution in [0.4, 0.5) is 5.95 Å². The molecule has 2 rings (SSSR count). The Morgan fingerprint density at radius 2 is 2.00 bits per heavy atom. The minimum atomic E-state index is 0. The van der Waals surface area contributed by atoms with Gasteiger partial charge in [-0.3, -0.25) is 0 Å². The van der Waals surface area contributed by atoms with Crippen molar-refractivity contribution in [2.24, 2.45) is 0 Å². The average molecular weight is 300 g/mol. The molecule has 0 amide bonds. The molecule has 1 heterocycles. The topological polar surface area (TPSA) is 43.8 Å². The van der Waals surface area contributed by atoms with Gasteiger partial charge in [0.05, 0.1) is 10.7 Å². The van der Waals surface area contributed by atoms with E-state index >= 15 is 0 Å². The smallest absolute Gasteiger partial charge is 0.200 e. The zero-order chi connectivity index (χ0) is 13.0. The van der Waals surface area contributed by atoms with Crippen LogP contribution in [-0.2, 0) is 6.54 Å². The van der Waals surface area contributed by atoms with Gasteiger partial charge in [0, 0.05) is 18.3 Å². The highest BCUT2D eigenvalue weighted by atomic mass is 35.5. The van der Waals surface area contributed by atoms with Crippen molar-refractivity contribution in [3.05, 3.63) is 35.5 Å². The van der Waals surface area contributed by atoms with Crippen molar-refractivity contribution in [1.29, 1.82) is 0 Å². The van der Waals surface area contributed by atoms with Crippen LogP contribution >= 0.6 is 24.0 Å². The molecule has 5 heteroatoms. The Labute approximate surface area is 125 Å². The molecule has 2 aromatic rings. The molecular weight excluding hydrogens is 281 g/mol. The molecule has 104 valence electrons. The minimum Gasteiger partial charge on any atom is -0.369 e. The number of nitrogens with two attached hydrogens (primary N) is 1. The van der Waals surface area contributed by atoms with Crippen molar-refractivity contribution >= 4 is 30.0 Å². The van der Waals surface area contributed by atoms with E-state index in [0.29, 0.717) is 11.0 Å². The number of rotatable bonds is 5. The van der Waals surface area contributed by atoms with Gasteiger partial charge in [0.1, 0.15) is 0 Å². The fourth-order valence-corrected chi connectivity index (χ4v) is 2.17. The van der Waals surface area contributed by atoms with Gasteiger partial charge in [-0.05, 0) is 12.5 Å². The Balaban J connectivity index is 0.00000180. The molecule has 19 heavy (non-hydrogen) atoms. The Morgan fingerprint density at radius 1 is 1.26 bits per heavy atom. The van der Waals surface area contributed by atoms with Gasteiger partial charge in [-0.15, -0.1) is 12.4 Å². The van der Waals surface area contributed by atoms with Crippen LogP contribution in [0.25, 0.3) is 11.3 Å². The van der Waals surface area contributed by atoms with Gasteiger partial charge in [-0.2, -0.15) is 0 Å². The molecule has 1 aromatic heterocycles. The van der Waals surface area contributed by atoms with Crippen molar-refractivity contribution in [3.8, 4) is 11.3 Å². The SMILES string of the molecule is CCCCCn1cc(-c2ccccc2Cl)nc1N.Cl. The second-order valence-corrected chi connectivity index (χ2v) is 4.77. The number of aryl methyl sites for hydroxylation is 1. The Kier molecular flexibility index (Phi) is 6.19. The summed E-state index contributed by atoms with van der Waals surface area (Å²) in [6.07, 6.45) is 5.51. The molecule has 0 atom stereocenters. The third-order valence-corrected chi connectivity index (χ3v) is 3.29. The molecule has 0 aliphatic heterocycles. The first kappa shape index (κ1) is 15.9. The lowest BCUT2D eigenvalue weighted by atomic mass is 10.2. The highest BCUT2D eigenvalue weighted by molar-refractivity contribution is 6.33. The molecule has 0 saturated carbocycles. The molecule has 0 spiro atoms. The molecule has 0 radical (unpaired) electrons. The maximum atomic E-state index is 6.16. The zero-order valence-corrected chi connectivity index (χ0v) is 12.5. The van der Waals surface area contributed by atoms with E-state index in [-0.39, 0.29) is 12.4 Å². The molecule has 1 aromatic carbocycles. The third-order valence-electron chi connectivity index (χ3n) is 2.96. The summed E-state index contributed by atoms with van der Waals surface area (Å²) in [5.41, 5.74) is 7.69. The second-order valence-electron chi connectivity index (χ2n) is 4.36. The van der Waals surface area contributed by atoms with Crippen molar-refractivity contribution < 1.29 is 0 Å². The van der Waals surface area contributed by atoms with E-state index < -0.39 is 0 Å². The average Bonchev–Trinajstić information content (AvgIpc) is 2.72. The Morgan fingerprint density at radius 3 is 2.68 bits per heavy atom. The summed E-state index contributed by atoms with van der Waals surface area (Å²) in [5, 5.41) is 0.704. The number of nitrogen functional groups attached to an aromatic ring is 1. The summed E-state index contributed by atoms with van der Waals surface area (Å²) >= 11 is 6.16. The lowest BCUT2D eigenvalue weighted by molar-refractivity contribution is 0.608. The van der Waals surface area contributed by atoms with Crippen molar-refractivity contribution in [2.75, 3.05) is 5.73 Å². The first-order valence-corrected chi connectivity index (χ1v) is 6.67. The summed E-state index contributed by atoms with van der Waals surface area (Å²) in [6, 6.07) is 7.69. The van der Waals surface area contributed by atoms with Crippen LogP contribution in [0.3, 0.4) is 0 Å². The van der Waals surface area contributed by atoms with E-state index in [9.17, 15) is 0 Å². The van der Waals surface area contributed by atoms with Crippen LogP contribution < -0.4 is 5.73 Å². The number of anilines is 1. The van der Waals surface area contributed by atoms with Gasteiger partial charge in [0.2, 0.25) is 5.95 Å². The number of benzene rings is 1. The standard InChI is InChI=1S/C14H18ClN3.ClH/c1-2-3-6-9-18-10-13(17-14(18)16)11-7-4-5-8-12(11)15;/h4-5,7-8,10H,2-3,6,9H2,1H3,(H2,16,17);1H. The first-order valence-electron chi connectivity index (χ1n) is 6.30. The van der Waals surface area contributed by atoms with Crippen LogP contribution in [0.15, 0.2) is 30.5 Å². The summed E-state index contributed by atoms with van der Waals surface area (Å²) in [5.74, 6) is 0.557. The Hall–Kier alpha value is -1.19. The van der Waals surface area contributed by atoms with Crippen molar-refractivity contribution in [2.45, 2.75) is 32.7 Å². The molecule has 0 aliphatic rings. The second kappa shape index (κ2) is 7.41. The summed E-state index contributed by atoms with van der Waals surface area (Å²) in [6.45, 7) is 3.10. The maximum absolute atomic E-state index is 6.16. The van der Waals surface area contributed by atoms with Crippen molar-refractivity contribution in [1.82, 2.24) is 9.55 Å². The lowest BCUT2D eigenvalue weighted by Gasteiger charge is -2.02. The monoisotopic (exact) mass is 299 g/mol. The minimum absolute atomic E-state index is 0. The number of unbranched alkanes of at least 4 members (excludes halogenated alkanes) is 2. The van der Waals surface area contributed by atoms with Crippen LogP contribution in [0.1, 0.15) is 26.2 Å². The predicted octanol–water partition coefficient (Wildman–Crippen LogP) is 4.40. The molecule has 0 bridgehead atoms. The van der Waals surface area contributed by atoms with Crippen LogP contribution in [0.5, 0.6) is 0 Å². The van der Waals surface area contributed by atoms with E-state index in [4.69, 9.17) is 17.3 Å². The van der Waals surface area contributed by atoms with Crippen LogP contribution in [-0.4, -0.2) is 9.55 Å². The summed E-state index contributed by atoms with van der Waals surface area (Å²) < 4.78 is 1.99. The molecule has 2 N–H and O–H groups in total. The van der Waals surface area contributed by atoms with E-state index in [1.54, 1.807) is 0 Å². The number of halogens is 2. The fourth-order valence-electron chi connectivity index (χ4n) is 1.94. The van der Waals surface area contributed by atoms with Gasteiger partial charge >= 0.3 is 0 Å². The fraction of sp³-hybridized carbons (Fsp3) is 0.357. The van der Waals surface area contributed by atoms with E-state index in [1.807, 2.05) is 35.0 Å². The third kappa shape index (κ3) is 3.88. The van der Waals surface area contributed by atoms with Crippen LogP contribution in [0, 0.1) is 0 Å². The van der Waals surface area contributed by atoms with Gasteiger partial charge in [0.25, 0.3) is 0 Å². The lowest BCUT2D eigenvalue weighted by Crippen LogP contribution is -2.02. The van der Waals surface area contributed by atoms with E-state index in [0.717, 1.165) is 24.2 Å². The molecule has 3 nitrogen and oxygen atoms in total. The molecule has 0 fully saturated rings. The normalized spacial score (nSPS) is 10.2. The number of imidazole rings is 1. The maximum Gasteiger partial charge on any atom is 0.200 e. The first-order chi connectivity index (χ1) is 8.72. The quantitative estimate of drug-likeness (QED) is 0.832. The number of hydrogen-bond acceptors (Lipinski definition) is 2.